The van der Waals surface area contributed by atoms with Crippen molar-refractivity contribution in [3.63, 3.8) is 0 Å². The molecule has 5 heteroatoms. The molecule has 0 radical (unpaired) electrons. The molecule has 0 aliphatic heterocycles. The van der Waals surface area contributed by atoms with E-state index in [1.54, 1.807) is 23.3 Å². The molecule has 1 heterocycles. The van der Waals surface area contributed by atoms with Gasteiger partial charge in [-0.1, -0.05) is 12.1 Å². The number of para-hydroxylation sites is 1. The number of nitrogens with zero attached hydrogens (tertiary/aromatic N) is 1. The number of rotatable bonds is 3. The van der Waals surface area contributed by atoms with Gasteiger partial charge in [-0.2, -0.15) is 0 Å². The fraction of sp³-hybridized carbons (Fsp3) is 0.143. The number of hydrogen-bond donors (Lipinski definition) is 1. The number of carboxylic acid groups (broad SMARTS) is 1. The predicted molar refractivity (Wildman–Crippen MR) is 75.5 cm³/mol. The van der Waals surface area contributed by atoms with Crippen LogP contribution in [0.2, 0.25) is 0 Å². The largest absolute Gasteiger partial charge is 0.477 e. The van der Waals surface area contributed by atoms with Gasteiger partial charge in [-0.05, 0) is 25.3 Å². The monoisotopic (exact) mass is 275 g/mol. The normalized spacial score (nSPS) is 10.4. The third-order valence-corrected chi connectivity index (χ3v) is 3.60. The van der Waals surface area contributed by atoms with Crippen molar-refractivity contribution < 1.29 is 9.90 Å². The average Bonchev–Trinajstić information content (AvgIpc) is 2.38. The zero-order valence-corrected chi connectivity index (χ0v) is 11.4. The number of aryl methyl sites for hydroxylation is 1. The summed E-state index contributed by atoms with van der Waals surface area (Å²) in [6, 6.07) is 9.01. The molecular weight excluding hydrogens is 262 g/mol. The Kier molecular flexibility index (Phi) is 3.76. The van der Waals surface area contributed by atoms with Crippen LogP contribution in [0.3, 0.4) is 0 Å². The first-order chi connectivity index (χ1) is 9.04. The summed E-state index contributed by atoms with van der Waals surface area (Å²) >= 11 is 1.57. The molecule has 0 saturated heterocycles. The van der Waals surface area contributed by atoms with Crippen molar-refractivity contribution in [3.05, 3.63) is 58.0 Å². The number of thioether (sulfide) groups is 1. The zero-order valence-electron chi connectivity index (χ0n) is 10.6. The van der Waals surface area contributed by atoms with Crippen LogP contribution in [-0.2, 0) is 0 Å². The molecule has 1 aromatic carbocycles. The highest BCUT2D eigenvalue weighted by Gasteiger charge is 2.12. The van der Waals surface area contributed by atoms with E-state index >= 15 is 0 Å². The minimum atomic E-state index is -1.21. The number of aromatic nitrogens is 1. The third-order valence-electron chi connectivity index (χ3n) is 2.82. The molecule has 2 rings (SSSR count). The first-order valence-corrected chi connectivity index (χ1v) is 6.87. The predicted octanol–water partition coefficient (Wildman–Crippen LogP) is 2.57. The molecule has 0 spiro atoms. The van der Waals surface area contributed by atoms with Gasteiger partial charge in [0.25, 0.3) is 0 Å². The number of carboxylic acids is 1. The van der Waals surface area contributed by atoms with Crippen molar-refractivity contribution >= 4 is 17.7 Å². The molecule has 0 unspecified atom stereocenters. The number of carbonyl (C=O) groups is 1. The number of aromatic carboxylic acids is 1. The first-order valence-electron chi connectivity index (χ1n) is 5.64. The van der Waals surface area contributed by atoms with Gasteiger partial charge in [-0.3, -0.25) is 4.79 Å². The molecule has 0 saturated carbocycles. The van der Waals surface area contributed by atoms with Crippen LogP contribution >= 0.6 is 11.8 Å². The van der Waals surface area contributed by atoms with Crippen molar-refractivity contribution in [2.75, 3.05) is 6.26 Å². The van der Waals surface area contributed by atoms with Gasteiger partial charge in [-0.15, -0.1) is 11.8 Å². The highest BCUT2D eigenvalue weighted by molar-refractivity contribution is 7.98. The molecule has 19 heavy (non-hydrogen) atoms. The fourth-order valence-electron chi connectivity index (χ4n) is 1.88. The Hall–Kier alpha value is -2.01. The topological polar surface area (TPSA) is 59.3 Å². The Morgan fingerprint density at radius 3 is 2.63 bits per heavy atom. The van der Waals surface area contributed by atoms with Crippen molar-refractivity contribution in [2.24, 2.45) is 0 Å². The van der Waals surface area contributed by atoms with Crippen LogP contribution < -0.4 is 5.43 Å². The maximum Gasteiger partial charge on any atom is 0.341 e. The van der Waals surface area contributed by atoms with Crippen LogP contribution in [0.15, 0.2) is 46.2 Å². The maximum absolute atomic E-state index is 11.6. The standard InChI is InChI=1S/C14H13NO3S/c1-9-7-12(16)10(14(17)18)8-15(9)11-5-3-4-6-13(11)19-2/h3-8H,1-2H3,(H,17,18). The minimum Gasteiger partial charge on any atom is -0.477 e. The van der Waals surface area contributed by atoms with Gasteiger partial charge in [0.15, 0.2) is 5.43 Å². The van der Waals surface area contributed by atoms with E-state index in [1.165, 1.54) is 12.3 Å². The Morgan fingerprint density at radius 1 is 1.32 bits per heavy atom. The number of benzene rings is 1. The molecule has 0 fully saturated rings. The SMILES string of the molecule is CSc1ccccc1-n1cc(C(=O)O)c(=O)cc1C. The van der Waals surface area contributed by atoms with E-state index in [1.807, 2.05) is 30.5 Å². The van der Waals surface area contributed by atoms with Gasteiger partial charge in [0, 0.05) is 22.9 Å². The second kappa shape index (κ2) is 5.32. The van der Waals surface area contributed by atoms with E-state index in [4.69, 9.17) is 5.11 Å². The van der Waals surface area contributed by atoms with Crippen molar-refractivity contribution in [2.45, 2.75) is 11.8 Å². The smallest absolute Gasteiger partial charge is 0.341 e. The Labute approximate surface area is 114 Å². The highest BCUT2D eigenvalue weighted by atomic mass is 32.2. The maximum atomic E-state index is 11.6. The summed E-state index contributed by atoms with van der Waals surface area (Å²) in [7, 11) is 0. The Bertz CT molecular complexity index is 691. The van der Waals surface area contributed by atoms with Gasteiger partial charge >= 0.3 is 5.97 Å². The summed E-state index contributed by atoms with van der Waals surface area (Å²) in [5, 5.41) is 9.04. The molecule has 0 atom stereocenters. The van der Waals surface area contributed by atoms with E-state index in [-0.39, 0.29) is 5.56 Å². The second-order valence-electron chi connectivity index (χ2n) is 4.04. The second-order valence-corrected chi connectivity index (χ2v) is 4.89. The van der Waals surface area contributed by atoms with Crippen LogP contribution in [0.4, 0.5) is 0 Å². The molecule has 2 aromatic rings. The summed E-state index contributed by atoms with van der Waals surface area (Å²) in [6.45, 7) is 1.78. The lowest BCUT2D eigenvalue weighted by molar-refractivity contribution is 0.0695. The third kappa shape index (κ3) is 2.56. The van der Waals surface area contributed by atoms with Crippen LogP contribution in [0.25, 0.3) is 5.69 Å². The van der Waals surface area contributed by atoms with Gasteiger partial charge in [0.05, 0.1) is 5.69 Å². The lowest BCUT2D eigenvalue weighted by Crippen LogP contribution is -2.18. The van der Waals surface area contributed by atoms with Crippen LogP contribution in [0.5, 0.6) is 0 Å². The molecular formula is C14H13NO3S. The molecule has 0 aliphatic rings. The average molecular weight is 275 g/mol. The van der Waals surface area contributed by atoms with Crippen LogP contribution in [-0.4, -0.2) is 21.9 Å². The van der Waals surface area contributed by atoms with Crippen molar-refractivity contribution in [3.8, 4) is 5.69 Å². The minimum absolute atomic E-state index is 0.221. The van der Waals surface area contributed by atoms with Crippen LogP contribution in [0.1, 0.15) is 16.1 Å². The zero-order chi connectivity index (χ0) is 14.0. The molecule has 1 aromatic heterocycles. The quantitative estimate of drug-likeness (QED) is 0.875. The van der Waals surface area contributed by atoms with E-state index in [2.05, 4.69) is 0 Å². The molecule has 0 aliphatic carbocycles. The summed E-state index contributed by atoms with van der Waals surface area (Å²) in [5.74, 6) is -1.21. The van der Waals surface area contributed by atoms with Gasteiger partial charge < -0.3 is 9.67 Å². The molecule has 1 N–H and O–H groups in total. The summed E-state index contributed by atoms with van der Waals surface area (Å²) < 4.78 is 1.73. The Morgan fingerprint density at radius 2 is 2.00 bits per heavy atom. The van der Waals surface area contributed by atoms with Crippen LogP contribution in [0, 0.1) is 6.92 Å². The van der Waals surface area contributed by atoms with Crippen molar-refractivity contribution in [1.29, 1.82) is 0 Å². The lowest BCUT2D eigenvalue weighted by Gasteiger charge is -2.14. The lowest BCUT2D eigenvalue weighted by atomic mass is 10.2. The van der Waals surface area contributed by atoms with E-state index in [9.17, 15) is 9.59 Å². The molecule has 0 bridgehead atoms. The van der Waals surface area contributed by atoms with E-state index < -0.39 is 11.4 Å². The number of pyridine rings is 1. The molecule has 4 nitrogen and oxygen atoms in total. The van der Waals surface area contributed by atoms with Gasteiger partial charge in [0.2, 0.25) is 0 Å². The van der Waals surface area contributed by atoms with Crippen molar-refractivity contribution in [1.82, 2.24) is 4.57 Å². The van der Waals surface area contributed by atoms with Gasteiger partial charge in [-0.25, -0.2) is 4.79 Å². The summed E-state index contributed by atoms with van der Waals surface area (Å²) in [5.41, 5.74) is 0.885. The summed E-state index contributed by atoms with van der Waals surface area (Å²) in [6.07, 6.45) is 3.34. The summed E-state index contributed by atoms with van der Waals surface area (Å²) in [4.78, 5) is 23.7. The van der Waals surface area contributed by atoms with Gasteiger partial charge in [0.1, 0.15) is 5.56 Å². The highest BCUT2D eigenvalue weighted by Crippen LogP contribution is 2.24. The Balaban J connectivity index is 2.72. The molecule has 98 valence electrons. The van der Waals surface area contributed by atoms with E-state index in [0.29, 0.717) is 5.69 Å². The number of hydrogen-bond acceptors (Lipinski definition) is 3. The molecule has 0 amide bonds. The van der Waals surface area contributed by atoms with E-state index in [0.717, 1.165) is 10.6 Å². The first kappa shape index (κ1) is 13.4. The fourth-order valence-corrected chi connectivity index (χ4v) is 2.47.